The number of carbonyl (C=O) groups is 1. The molecule has 1 aromatic rings. The highest BCUT2D eigenvalue weighted by Crippen LogP contribution is 2.35. The lowest BCUT2D eigenvalue weighted by molar-refractivity contribution is -0.0502. The summed E-state index contributed by atoms with van der Waals surface area (Å²) in [6, 6.07) is 0.618. The predicted octanol–water partition coefficient (Wildman–Crippen LogP) is 2.20. The predicted molar refractivity (Wildman–Crippen MR) is 72.7 cm³/mol. The van der Waals surface area contributed by atoms with E-state index in [4.69, 9.17) is 4.74 Å². The Labute approximate surface area is 116 Å². The summed E-state index contributed by atoms with van der Waals surface area (Å²) in [6.07, 6.45) is 5.23. The molecule has 0 saturated carbocycles. The molecule has 5 heteroatoms. The van der Waals surface area contributed by atoms with Crippen LogP contribution in [0.4, 0.5) is 0 Å². The Morgan fingerprint density at radius 3 is 3.16 bits per heavy atom. The summed E-state index contributed by atoms with van der Waals surface area (Å²) < 4.78 is 5.99. The van der Waals surface area contributed by atoms with Gasteiger partial charge in [0.1, 0.15) is 11.1 Å². The van der Waals surface area contributed by atoms with Crippen molar-refractivity contribution in [1.82, 2.24) is 9.88 Å². The van der Waals surface area contributed by atoms with Gasteiger partial charge in [-0.2, -0.15) is 0 Å². The van der Waals surface area contributed by atoms with E-state index in [1.165, 1.54) is 19.4 Å². The van der Waals surface area contributed by atoms with Gasteiger partial charge in [0.2, 0.25) is 0 Å². The molecule has 3 aliphatic rings. The Hall–Kier alpha value is -0.780. The second-order valence-corrected chi connectivity index (χ2v) is 6.75. The van der Waals surface area contributed by atoms with Crippen molar-refractivity contribution in [1.29, 1.82) is 0 Å². The number of carbonyl (C=O) groups excluding carboxylic acids is 1. The molecule has 19 heavy (non-hydrogen) atoms. The van der Waals surface area contributed by atoms with Crippen LogP contribution in [0.1, 0.15) is 52.2 Å². The smallest absolute Gasteiger partial charge is 0.174 e. The van der Waals surface area contributed by atoms with Crippen molar-refractivity contribution in [2.75, 3.05) is 19.7 Å². The van der Waals surface area contributed by atoms with Crippen LogP contribution in [0.15, 0.2) is 0 Å². The van der Waals surface area contributed by atoms with Crippen LogP contribution in [0.3, 0.4) is 0 Å². The molecule has 0 spiro atoms. The molecule has 0 amide bonds. The van der Waals surface area contributed by atoms with Crippen molar-refractivity contribution in [3.63, 3.8) is 0 Å². The van der Waals surface area contributed by atoms with E-state index >= 15 is 0 Å². The molecule has 0 bridgehead atoms. The monoisotopic (exact) mass is 278 g/mol. The Morgan fingerprint density at radius 1 is 1.32 bits per heavy atom. The van der Waals surface area contributed by atoms with Gasteiger partial charge in [0.05, 0.1) is 17.2 Å². The Morgan fingerprint density at radius 2 is 2.26 bits per heavy atom. The second-order valence-electron chi connectivity index (χ2n) is 5.72. The highest BCUT2D eigenvalue weighted by molar-refractivity contribution is 7.14. The number of morpholine rings is 1. The molecule has 2 fully saturated rings. The van der Waals surface area contributed by atoms with E-state index in [0.717, 1.165) is 41.6 Å². The molecule has 0 N–H and O–H groups in total. The molecule has 0 radical (unpaired) electrons. The summed E-state index contributed by atoms with van der Waals surface area (Å²) in [5.74, 6) is 0.278. The average molecular weight is 278 g/mol. The fourth-order valence-electron chi connectivity index (χ4n) is 3.39. The largest absolute Gasteiger partial charge is 0.368 e. The number of aryl methyl sites for hydroxylation is 1. The maximum Gasteiger partial charge on any atom is 0.174 e. The minimum absolute atomic E-state index is 0.0812. The van der Waals surface area contributed by atoms with Gasteiger partial charge in [-0.3, -0.25) is 9.69 Å². The van der Waals surface area contributed by atoms with Gasteiger partial charge in [-0.05, 0) is 32.2 Å². The molecule has 102 valence electrons. The molecule has 1 aromatic heterocycles. The first kappa shape index (κ1) is 12.0. The van der Waals surface area contributed by atoms with Crippen LogP contribution < -0.4 is 0 Å². The second kappa shape index (κ2) is 4.65. The third kappa shape index (κ3) is 2.04. The van der Waals surface area contributed by atoms with E-state index in [2.05, 4.69) is 9.88 Å². The zero-order valence-electron chi connectivity index (χ0n) is 10.9. The molecule has 2 atom stereocenters. The lowest BCUT2D eigenvalue weighted by Crippen LogP contribution is -2.42. The van der Waals surface area contributed by atoms with Crippen molar-refractivity contribution < 1.29 is 9.53 Å². The van der Waals surface area contributed by atoms with E-state index < -0.39 is 0 Å². The van der Waals surface area contributed by atoms with Crippen molar-refractivity contribution in [3.8, 4) is 0 Å². The number of hydrogen-bond acceptors (Lipinski definition) is 5. The van der Waals surface area contributed by atoms with Gasteiger partial charge in [-0.15, -0.1) is 11.3 Å². The SMILES string of the molecule is O=C1CCCc2nc(C3CN4CCCC4CO3)sc21. The van der Waals surface area contributed by atoms with Gasteiger partial charge in [-0.1, -0.05) is 0 Å². The van der Waals surface area contributed by atoms with E-state index in [1.54, 1.807) is 11.3 Å². The quantitative estimate of drug-likeness (QED) is 0.790. The van der Waals surface area contributed by atoms with Crippen LogP contribution in [0, 0.1) is 0 Å². The zero-order valence-corrected chi connectivity index (χ0v) is 11.7. The number of ketones is 1. The summed E-state index contributed by atoms with van der Waals surface area (Å²) in [7, 11) is 0. The lowest BCUT2D eigenvalue weighted by atomic mass is 10.0. The summed E-state index contributed by atoms with van der Waals surface area (Å²) in [4.78, 5) is 20.0. The number of nitrogens with zero attached hydrogens (tertiary/aromatic N) is 2. The molecular weight excluding hydrogens is 260 g/mol. The first-order chi connectivity index (χ1) is 9.31. The van der Waals surface area contributed by atoms with Gasteiger partial charge < -0.3 is 4.74 Å². The standard InChI is InChI=1S/C14H18N2O2S/c17-11-5-1-4-10-13(11)19-14(15-10)12-7-16-6-2-3-9(16)8-18-12/h9,12H,1-8H2. The van der Waals surface area contributed by atoms with Crippen LogP contribution in [0.2, 0.25) is 0 Å². The molecular formula is C14H18N2O2S. The van der Waals surface area contributed by atoms with Crippen LogP contribution in [0.5, 0.6) is 0 Å². The van der Waals surface area contributed by atoms with Gasteiger partial charge >= 0.3 is 0 Å². The highest BCUT2D eigenvalue weighted by atomic mass is 32.1. The molecule has 2 unspecified atom stereocenters. The third-order valence-corrected chi connectivity index (χ3v) is 5.68. The maximum atomic E-state index is 11.9. The number of thiazole rings is 1. The third-order valence-electron chi connectivity index (χ3n) is 4.45. The number of rotatable bonds is 1. The molecule has 4 nitrogen and oxygen atoms in total. The topological polar surface area (TPSA) is 42.4 Å². The van der Waals surface area contributed by atoms with Crippen molar-refractivity contribution in [2.24, 2.45) is 0 Å². The Kier molecular flexibility index (Phi) is 2.94. The van der Waals surface area contributed by atoms with E-state index in [-0.39, 0.29) is 11.9 Å². The van der Waals surface area contributed by atoms with Gasteiger partial charge in [-0.25, -0.2) is 4.98 Å². The molecule has 0 aromatic carbocycles. The van der Waals surface area contributed by atoms with Crippen LogP contribution in [-0.2, 0) is 11.2 Å². The summed E-state index contributed by atoms with van der Waals surface area (Å²) in [6.45, 7) is 2.96. The molecule has 3 heterocycles. The fourth-order valence-corrected chi connectivity index (χ4v) is 4.51. The maximum absolute atomic E-state index is 11.9. The minimum Gasteiger partial charge on any atom is -0.368 e. The van der Waals surface area contributed by atoms with Crippen molar-refractivity contribution in [2.45, 2.75) is 44.2 Å². The molecule has 4 rings (SSSR count). The molecule has 2 saturated heterocycles. The van der Waals surface area contributed by atoms with Crippen LogP contribution in [0.25, 0.3) is 0 Å². The van der Waals surface area contributed by atoms with Crippen LogP contribution >= 0.6 is 11.3 Å². The van der Waals surface area contributed by atoms with E-state index in [9.17, 15) is 4.79 Å². The first-order valence-corrected chi connectivity index (χ1v) is 8.01. The van der Waals surface area contributed by atoms with Gasteiger partial charge in [0, 0.05) is 19.0 Å². The minimum atomic E-state index is 0.0812. The number of aromatic nitrogens is 1. The fraction of sp³-hybridized carbons (Fsp3) is 0.714. The number of fused-ring (bicyclic) bond motifs is 2. The normalized spacial score (nSPS) is 31.3. The number of Topliss-reactive ketones (excluding diaryl/α,β-unsaturated/α-hetero) is 1. The van der Waals surface area contributed by atoms with Gasteiger partial charge in [0.25, 0.3) is 0 Å². The van der Waals surface area contributed by atoms with E-state index in [0.29, 0.717) is 12.5 Å². The van der Waals surface area contributed by atoms with Crippen LogP contribution in [-0.4, -0.2) is 41.4 Å². The highest BCUT2D eigenvalue weighted by Gasteiger charge is 2.35. The first-order valence-electron chi connectivity index (χ1n) is 7.20. The van der Waals surface area contributed by atoms with E-state index in [1.807, 2.05) is 0 Å². The zero-order chi connectivity index (χ0) is 12.8. The number of hydrogen-bond donors (Lipinski definition) is 0. The van der Waals surface area contributed by atoms with Gasteiger partial charge in [0.15, 0.2) is 5.78 Å². The average Bonchev–Trinajstić information content (AvgIpc) is 3.04. The lowest BCUT2D eigenvalue weighted by Gasteiger charge is -2.34. The summed E-state index contributed by atoms with van der Waals surface area (Å²) >= 11 is 1.57. The molecule has 2 aliphatic heterocycles. The van der Waals surface area contributed by atoms with Crippen molar-refractivity contribution in [3.05, 3.63) is 15.6 Å². The Bertz CT molecular complexity index is 514. The molecule has 1 aliphatic carbocycles. The summed E-state index contributed by atoms with van der Waals surface area (Å²) in [5.41, 5.74) is 1.02. The number of ether oxygens (including phenoxy) is 1. The van der Waals surface area contributed by atoms with Crippen molar-refractivity contribution >= 4 is 17.1 Å². The summed E-state index contributed by atoms with van der Waals surface area (Å²) in [5, 5.41) is 1.02. The Balaban J connectivity index is 1.57.